The molecule has 0 amide bonds. The molecule has 0 spiro atoms. The first-order valence-electron chi connectivity index (χ1n) is 5.45. The minimum Gasteiger partial charge on any atom is -0.293 e. The second-order valence-electron chi connectivity index (χ2n) is 4.52. The van der Waals surface area contributed by atoms with Crippen LogP contribution in [0, 0.1) is 11.8 Å². The fourth-order valence-corrected chi connectivity index (χ4v) is 2.92. The van der Waals surface area contributed by atoms with Crippen LogP contribution < -0.4 is 0 Å². The highest BCUT2D eigenvalue weighted by Gasteiger charge is 2.56. The van der Waals surface area contributed by atoms with Crippen LogP contribution >= 0.6 is 0 Å². The number of hydrogen-bond donors (Lipinski definition) is 1. The molecular weight excluding hydrogens is 188 g/mol. The van der Waals surface area contributed by atoms with Crippen molar-refractivity contribution in [1.82, 2.24) is 10.2 Å². The van der Waals surface area contributed by atoms with Gasteiger partial charge in [-0.05, 0) is 25.2 Å². The molecule has 0 aromatic carbocycles. The monoisotopic (exact) mass is 202 g/mol. The Morgan fingerprint density at radius 1 is 1.60 bits per heavy atom. The average molecular weight is 202 g/mol. The molecular formula is C12H14N2O. The second kappa shape index (κ2) is 2.81. The largest absolute Gasteiger partial charge is 0.293 e. The lowest BCUT2D eigenvalue weighted by Gasteiger charge is -1.98. The van der Waals surface area contributed by atoms with Gasteiger partial charge in [-0.2, -0.15) is 5.10 Å². The SMILES string of the molecule is C/C=C/C1C2Cc3c(n[nH]c3C(C)=O)C12. The van der Waals surface area contributed by atoms with Gasteiger partial charge in [-0.15, -0.1) is 0 Å². The van der Waals surface area contributed by atoms with E-state index in [-0.39, 0.29) is 5.78 Å². The summed E-state index contributed by atoms with van der Waals surface area (Å²) >= 11 is 0. The van der Waals surface area contributed by atoms with Crippen molar-refractivity contribution in [2.24, 2.45) is 11.8 Å². The number of nitrogens with one attached hydrogen (secondary N) is 1. The molecule has 0 bridgehead atoms. The molecule has 78 valence electrons. The van der Waals surface area contributed by atoms with E-state index in [1.165, 1.54) is 5.56 Å². The first-order chi connectivity index (χ1) is 7.24. The van der Waals surface area contributed by atoms with Crippen molar-refractivity contribution in [1.29, 1.82) is 0 Å². The van der Waals surface area contributed by atoms with E-state index in [2.05, 4.69) is 29.3 Å². The zero-order chi connectivity index (χ0) is 10.6. The van der Waals surface area contributed by atoms with Gasteiger partial charge < -0.3 is 0 Å². The van der Waals surface area contributed by atoms with Gasteiger partial charge >= 0.3 is 0 Å². The van der Waals surface area contributed by atoms with Gasteiger partial charge in [0.05, 0.1) is 5.69 Å². The first-order valence-corrected chi connectivity index (χ1v) is 5.45. The molecule has 3 nitrogen and oxygen atoms in total. The Bertz CT molecular complexity index is 458. The third kappa shape index (κ3) is 1.06. The number of ketones is 1. The van der Waals surface area contributed by atoms with Crippen LogP contribution in [0.4, 0.5) is 0 Å². The molecule has 2 aliphatic rings. The highest BCUT2D eigenvalue weighted by molar-refractivity contribution is 5.94. The van der Waals surface area contributed by atoms with Crippen LogP contribution in [0.5, 0.6) is 0 Å². The van der Waals surface area contributed by atoms with Gasteiger partial charge in [0.2, 0.25) is 0 Å². The number of fused-ring (bicyclic) bond motifs is 3. The van der Waals surface area contributed by atoms with E-state index in [1.807, 2.05) is 0 Å². The van der Waals surface area contributed by atoms with Crippen LogP contribution in [-0.2, 0) is 6.42 Å². The molecule has 3 rings (SSSR count). The predicted octanol–water partition coefficient (Wildman–Crippen LogP) is 2.07. The Morgan fingerprint density at radius 3 is 3.07 bits per heavy atom. The van der Waals surface area contributed by atoms with Crippen molar-refractivity contribution in [3.63, 3.8) is 0 Å². The molecule has 0 aliphatic heterocycles. The Labute approximate surface area is 88.6 Å². The van der Waals surface area contributed by atoms with Gasteiger partial charge in [0.15, 0.2) is 5.78 Å². The molecule has 1 aromatic rings. The maximum absolute atomic E-state index is 11.3. The van der Waals surface area contributed by atoms with Crippen LogP contribution in [-0.4, -0.2) is 16.0 Å². The molecule has 1 fully saturated rings. The van der Waals surface area contributed by atoms with Crippen LogP contribution in [0.3, 0.4) is 0 Å². The first kappa shape index (κ1) is 8.89. The van der Waals surface area contributed by atoms with Crippen molar-refractivity contribution in [2.75, 3.05) is 0 Å². The standard InChI is InChI=1S/C12H14N2O/c1-3-4-7-8-5-9-11(6(2)15)13-14-12(9)10(7)8/h3-4,7-8,10H,5H2,1-2H3,(H,13,14)/b4-3+. The lowest BCUT2D eigenvalue weighted by molar-refractivity contribution is 0.101. The number of aromatic nitrogens is 2. The summed E-state index contributed by atoms with van der Waals surface area (Å²) in [5.41, 5.74) is 3.06. The third-order valence-corrected chi connectivity index (χ3v) is 3.65. The van der Waals surface area contributed by atoms with Gasteiger partial charge in [-0.1, -0.05) is 12.2 Å². The number of carbonyl (C=O) groups is 1. The minimum atomic E-state index is 0.104. The van der Waals surface area contributed by atoms with E-state index < -0.39 is 0 Å². The lowest BCUT2D eigenvalue weighted by Crippen LogP contribution is -1.99. The van der Waals surface area contributed by atoms with E-state index in [0.717, 1.165) is 17.8 Å². The summed E-state index contributed by atoms with van der Waals surface area (Å²) in [6.45, 7) is 3.65. The Hall–Kier alpha value is -1.38. The smallest absolute Gasteiger partial charge is 0.177 e. The number of H-pyrrole nitrogens is 1. The van der Waals surface area contributed by atoms with Gasteiger partial charge in [0, 0.05) is 18.4 Å². The number of hydrogen-bond acceptors (Lipinski definition) is 2. The van der Waals surface area contributed by atoms with Crippen molar-refractivity contribution in [3.05, 3.63) is 29.1 Å². The lowest BCUT2D eigenvalue weighted by atomic mass is 10.0. The quantitative estimate of drug-likeness (QED) is 0.589. The molecule has 1 saturated carbocycles. The highest BCUT2D eigenvalue weighted by atomic mass is 16.1. The summed E-state index contributed by atoms with van der Waals surface area (Å²) in [6, 6.07) is 0. The molecule has 2 aliphatic carbocycles. The number of aromatic amines is 1. The van der Waals surface area contributed by atoms with Gasteiger partial charge in [0.1, 0.15) is 5.69 Å². The van der Waals surface area contributed by atoms with Crippen LogP contribution in [0.1, 0.15) is 41.5 Å². The zero-order valence-electron chi connectivity index (χ0n) is 8.95. The number of Topliss-reactive ketones (excluding diaryl/α,β-unsaturated/α-hetero) is 1. The molecule has 1 N–H and O–H groups in total. The topological polar surface area (TPSA) is 45.8 Å². The Balaban J connectivity index is 1.94. The summed E-state index contributed by atoms with van der Waals surface area (Å²) in [4.78, 5) is 11.3. The van der Waals surface area contributed by atoms with Crippen LogP contribution in [0.2, 0.25) is 0 Å². The van der Waals surface area contributed by atoms with E-state index in [1.54, 1.807) is 6.92 Å². The molecule has 0 saturated heterocycles. The number of carbonyl (C=O) groups excluding carboxylic acids is 1. The summed E-state index contributed by atoms with van der Waals surface area (Å²) in [6.07, 6.45) is 5.40. The van der Waals surface area contributed by atoms with Crippen molar-refractivity contribution >= 4 is 5.78 Å². The number of rotatable bonds is 2. The third-order valence-electron chi connectivity index (χ3n) is 3.65. The summed E-state index contributed by atoms with van der Waals surface area (Å²) in [5, 5.41) is 7.17. The van der Waals surface area contributed by atoms with E-state index >= 15 is 0 Å². The molecule has 15 heavy (non-hydrogen) atoms. The van der Waals surface area contributed by atoms with Crippen molar-refractivity contribution in [2.45, 2.75) is 26.2 Å². The fraction of sp³-hybridized carbons (Fsp3) is 0.500. The van der Waals surface area contributed by atoms with Crippen molar-refractivity contribution < 1.29 is 4.79 Å². The van der Waals surface area contributed by atoms with E-state index in [4.69, 9.17) is 0 Å². The zero-order valence-corrected chi connectivity index (χ0v) is 8.95. The van der Waals surface area contributed by atoms with E-state index in [0.29, 0.717) is 17.8 Å². The summed E-state index contributed by atoms with van der Waals surface area (Å²) in [7, 11) is 0. The van der Waals surface area contributed by atoms with E-state index in [9.17, 15) is 4.79 Å². The predicted molar refractivity (Wildman–Crippen MR) is 56.8 cm³/mol. The van der Waals surface area contributed by atoms with Gasteiger partial charge in [-0.3, -0.25) is 9.89 Å². The molecule has 3 unspecified atom stereocenters. The molecule has 3 atom stereocenters. The average Bonchev–Trinajstić information content (AvgIpc) is 2.60. The molecule has 0 radical (unpaired) electrons. The van der Waals surface area contributed by atoms with Crippen LogP contribution in [0.25, 0.3) is 0 Å². The highest BCUT2D eigenvalue weighted by Crippen LogP contribution is 2.61. The molecule has 1 aromatic heterocycles. The molecule has 3 heteroatoms. The maximum Gasteiger partial charge on any atom is 0.177 e. The number of nitrogens with zero attached hydrogens (tertiary/aromatic N) is 1. The summed E-state index contributed by atoms with van der Waals surface area (Å²) < 4.78 is 0. The van der Waals surface area contributed by atoms with Crippen LogP contribution in [0.15, 0.2) is 12.2 Å². The van der Waals surface area contributed by atoms with Gasteiger partial charge in [0.25, 0.3) is 0 Å². The fourth-order valence-electron chi connectivity index (χ4n) is 2.92. The summed E-state index contributed by atoms with van der Waals surface area (Å²) in [5.74, 6) is 2.07. The van der Waals surface area contributed by atoms with Gasteiger partial charge in [-0.25, -0.2) is 0 Å². The van der Waals surface area contributed by atoms with Crippen molar-refractivity contribution in [3.8, 4) is 0 Å². The Kier molecular flexibility index (Phi) is 1.67. The second-order valence-corrected chi connectivity index (χ2v) is 4.52. The number of allylic oxidation sites excluding steroid dienone is 2. The Morgan fingerprint density at radius 2 is 2.40 bits per heavy atom. The maximum atomic E-state index is 11.3. The minimum absolute atomic E-state index is 0.104. The normalized spacial score (nSPS) is 31.7. The molecule has 1 heterocycles.